The summed E-state index contributed by atoms with van der Waals surface area (Å²) in [7, 11) is 0. The zero-order valence-electron chi connectivity index (χ0n) is 12.8. The van der Waals surface area contributed by atoms with E-state index in [0.29, 0.717) is 19.0 Å². The highest BCUT2D eigenvalue weighted by Crippen LogP contribution is 2.28. The summed E-state index contributed by atoms with van der Waals surface area (Å²) in [6, 6.07) is 11.6. The summed E-state index contributed by atoms with van der Waals surface area (Å²) in [5.41, 5.74) is 3.49. The first-order valence-electron chi connectivity index (χ1n) is 7.51. The van der Waals surface area contributed by atoms with E-state index in [-0.39, 0.29) is 0 Å². The SMILES string of the molecule is [O-][N+]1(Cc2ccc(-c3ncccc3-c3nn[nH]n3)cc2)C=CNC1. The minimum atomic E-state index is -0.392. The van der Waals surface area contributed by atoms with Gasteiger partial charge in [0.15, 0.2) is 6.67 Å². The first kappa shape index (κ1) is 14.5. The fourth-order valence-electron chi connectivity index (χ4n) is 2.73. The second kappa shape index (κ2) is 5.84. The number of nitrogens with one attached hydrogen (secondary N) is 2. The zero-order chi connectivity index (χ0) is 16.4. The number of H-pyrrole nitrogens is 1. The average molecular weight is 321 g/mol. The molecule has 8 nitrogen and oxygen atoms in total. The molecule has 1 unspecified atom stereocenters. The topological polar surface area (TPSA) is 102 Å². The highest BCUT2D eigenvalue weighted by molar-refractivity contribution is 5.76. The molecule has 4 rings (SSSR count). The Morgan fingerprint density at radius 1 is 1.17 bits per heavy atom. The van der Waals surface area contributed by atoms with Gasteiger partial charge in [0.25, 0.3) is 0 Å². The predicted molar refractivity (Wildman–Crippen MR) is 87.3 cm³/mol. The number of aromatic nitrogens is 5. The Kier molecular flexibility index (Phi) is 3.52. The van der Waals surface area contributed by atoms with Crippen LogP contribution in [0.5, 0.6) is 0 Å². The van der Waals surface area contributed by atoms with Gasteiger partial charge in [-0.15, -0.1) is 10.2 Å². The van der Waals surface area contributed by atoms with Crippen molar-refractivity contribution in [1.29, 1.82) is 0 Å². The Labute approximate surface area is 138 Å². The molecule has 0 radical (unpaired) electrons. The number of pyridine rings is 1. The number of hydrogen-bond acceptors (Lipinski definition) is 6. The van der Waals surface area contributed by atoms with Crippen LogP contribution in [0, 0.1) is 5.21 Å². The smallest absolute Gasteiger partial charge is 0.206 e. The van der Waals surface area contributed by atoms with E-state index in [1.807, 2.05) is 36.4 Å². The minimum Gasteiger partial charge on any atom is -0.626 e. The van der Waals surface area contributed by atoms with Crippen molar-refractivity contribution in [3.05, 3.63) is 65.8 Å². The van der Waals surface area contributed by atoms with E-state index in [1.165, 1.54) is 0 Å². The lowest BCUT2D eigenvalue weighted by Crippen LogP contribution is -2.36. The van der Waals surface area contributed by atoms with Crippen molar-refractivity contribution in [1.82, 2.24) is 30.9 Å². The van der Waals surface area contributed by atoms with Crippen molar-refractivity contribution < 1.29 is 4.65 Å². The van der Waals surface area contributed by atoms with E-state index in [1.54, 1.807) is 18.6 Å². The van der Waals surface area contributed by atoms with Gasteiger partial charge in [-0.25, -0.2) is 0 Å². The Hall–Kier alpha value is -3.10. The van der Waals surface area contributed by atoms with Gasteiger partial charge in [0, 0.05) is 22.9 Å². The van der Waals surface area contributed by atoms with E-state index >= 15 is 0 Å². The molecule has 24 heavy (non-hydrogen) atoms. The molecule has 0 amide bonds. The molecule has 1 aromatic carbocycles. The predicted octanol–water partition coefficient (Wildman–Crippen LogP) is 1.78. The van der Waals surface area contributed by atoms with Crippen molar-refractivity contribution in [3.63, 3.8) is 0 Å². The standard InChI is InChI=1S/C16H15N7O/c24-23(9-8-17-11-23)10-12-3-5-13(6-4-12)15-14(2-1-7-18-15)16-19-21-22-20-16/h1-9,17H,10-11H2,(H,19,20,21,22). The lowest BCUT2D eigenvalue weighted by molar-refractivity contribution is -0.839. The minimum absolute atomic E-state index is 0.365. The molecule has 0 saturated heterocycles. The third kappa shape index (κ3) is 2.75. The number of benzene rings is 1. The van der Waals surface area contributed by atoms with Gasteiger partial charge in [0.05, 0.1) is 11.9 Å². The van der Waals surface area contributed by atoms with Crippen LogP contribution < -0.4 is 5.32 Å². The number of nitrogens with zero attached hydrogens (tertiary/aromatic N) is 5. The maximum atomic E-state index is 12.4. The quantitative estimate of drug-likeness (QED) is 0.561. The number of hydrogen-bond donors (Lipinski definition) is 2. The average Bonchev–Trinajstić information content (AvgIpc) is 3.28. The van der Waals surface area contributed by atoms with Gasteiger partial charge in [-0.1, -0.05) is 24.3 Å². The molecular weight excluding hydrogens is 306 g/mol. The zero-order valence-corrected chi connectivity index (χ0v) is 12.8. The number of rotatable bonds is 4. The monoisotopic (exact) mass is 321 g/mol. The molecule has 0 saturated carbocycles. The lowest BCUT2D eigenvalue weighted by Gasteiger charge is -2.34. The Morgan fingerprint density at radius 2 is 2.04 bits per heavy atom. The van der Waals surface area contributed by atoms with Crippen LogP contribution in [0.4, 0.5) is 0 Å². The molecular formula is C16H15N7O. The summed E-state index contributed by atoms with van der Waals surface area (Å²) in [5.74, 6) is 0.500. The molecule has 120 valence electrons. The van der Waals surface area contributed by atoms with Gasteiger partial charge in [-0.3, -0.25) is 4.98 Å². The summed E-state index contributed by atoms with van der Waals surface area (Å²) in [6.07, 6.45) is 5.05. The van der Waals surface area contributed by atoms with Gasteiger partial charge in [-0.05, 0) is 17.3 Å². The fraction of sp³-hybridized carbons (Fsp3) is 0.125. The highest BCUT2D eigenvalue weighted by atomic mass is 16.5. The van der Waals surface area contributed by atoms with Crippen LogP contribution in [-0.4, -0.2) is 36.9 Å². The van der Waals surface area contributed by atoms with Gasteiger partial charge in [-0.2, -0.15) is 5.21 Å². The Bertz CT molecular complexity index is 860. The van der Waals surface area contributed by atoms with Gasteiger partial charge < -0.3 is 15.2 Å². The van der Waals surface area contributed by atoms with Gasteiger partial charge >= 0.3 is 0 Å². The molecule has 3 heterocycles. The first-order chi connectivity index (χ1) is 11.7. The van der Waals surface area contributed by atoms with Crippen molar-refractivity contribution in [2.45, 2.75) is 6.54 Å². The molecule has 0 spiro atoms. The molecule has 1 aliphatic heterocycles. The summed E-state index contributed by atoms with van der Waals surface area (Å²) in [4.78, 5) is 4.44. The second-order valence-electron chi connectivity index (χ2n) is 5.62. The van der Waals surface area contributed by atoms with Crippen LogP contribution >= 0.6 is 0 Å². The van der Waals surface area contributed by atoms with Crippen LogP contribution in [0.25, 0.3) is 22.6 Å². The summed E-state index contributed by atoms with van der Waals surface area (Å²) < 4.78 is -0.392. The van der Waals surface area contributed by atoms with Crippen LogP contribution in [0.2, 0.25) is 0 Å². The van der Waals surface area contributed by atoms with Crippen LogP contribution in [0.15, 0.2) is 55.0 Å². The third-order valence-corrected chi connectivity index (χ3v) is 3.89. The van der Waals surface area contributed by atoms with E-state index < -0.39 is 4.65 Å². The molecule has 0 aliphatic carbocycles. The molecule has 8 heteroatoms. The van der Waals surface area contributed by atoms with Crippen molar-refractivity contribution in [3.8, 4) is 22.6 Å². The number of aromatic amines is 1. The highest BCUT2D eigenvalue weighted by Gasteiger charge is 2.18. The Morgan fingerprint density at radius 3 is 2.75 bits per heavy atom. The molecule has 2 N–H and O–H groups in total. The lowest BCUT2D eigenvalue weighted by atomic mass is 10.0. The summed E-state index contributed by atoms with van der Waals surface area (Å²) in [5, 5.41) is 29.4. The van der Waals surface area contributed by atoms with Crippen molar-refractivity contribution in [2.75, 3.05) is 6.67 Å². The molecule has 0 fully saturated rings. The molecule has 1 atom stereocenters. The largest absolute Gasteiger partial charge is 0.626 e. The van der Waals surface area contributed by atoms with Gasteiger partial charge in [0.2, 0.25) is 5.82 Å². The summed E-state index contributed by atoms with van der Waals surface area (Å²) >= 11 is 0. The van der Waals surface area contributed by atoms with E-state index in [4.69, 9.17) is 0 Å². The molecule has 2 aromatic heterocycles. The molecule has 0 bridgehead atoms. The molecule has 1 aliphatic rings. The first-order valence-corrected chi connectivity index (χ1v) is 7.51. The maximum absolute atomic E-state index is 12.4. The fourth-order valence-corrected chi connectivity index (χ4v) is 2.73. The van der Waals surface area contributed by atoms with Gasteiger partial charge in [0.1, 0.15) is 12.7 Å². The second-order valence-corrected chi connectivity index (χ2v) is 5.62. The van der Waals surface area contributed by atoms with Crippen LogP contribution in [0.1, 0.15) is 5.56 Å². The third-order valence-electron chi connectivity index (χ3n) is 3.89. The summed E-state index contributed by atoms with van der Waals surface area (Å²) in [6.45, 7) is 0.758. The number of hydroxylamine groups is 3. The van der Waals surface area contributed by atoms with E-state index in [0.717, 1.165) is 22.4 Å². The molecule has 3 aromatic rings. The number of tetrazole rings is 1. The number of quaternary nitrogens is 1. The maximum Gasteiger partial charge on any atom is 0.206 e. The van der Waals surface area contributed by atoms with Crippen molar-refractivity contribution >= 4 is 0 Å². The Balaban J connectivity index is 1.63. The van der Waals surface area contributed by atoms with Crippen LogP contribution in [-0.2, 0) is 6.54 Å². The van der Waals surface area contributed by atoms with Crippen LogP contribution in [0.3, 0.4) is 0 Å². The normalized spacial score (nSPS) is 19.4. The van der Waals surface area contributed by atoms with E-state index in [2.05, 4.69) is 30.9 Å². The van der Waals surface area contributed by atoms with Crippen molar-refractivity contribution in [2.24, 2.45) is 0 Å². The van der Waals surface area contributed by atoms with E-state index in [9.17, 15) is 5.21 Å².